The molecule has 31 heavy (non-hydrogen) atoms. The summed E-state index contributed by atoms with van der Waals surface area (Å²) in [4.78, 5) is 15.1. The Kier molecular flexibility index (Phi) is 7.21. The number of halogens is 2. The summed E-state index contributed by atoms with van der Waals surface area (Å²) in [6.45, 7) is 1.84. The Labute approximate surface area is 194 Å². The van der Waals surface area contributed by atoms with Crippen LogP contribution in [-0.4, -0.2) is 41.6 Å². The molecule has 0 aliphatic heterocycles. The summed E-state index contributed by atoms with van der Waals surface area (Å²) < 4.78 is 2.01. The second-order valence-corrected chi connectivity index (χ2v) is 9.25. The zero-order valence-electron chi connectivity index (χ0n) is 17.9. The second-order valence-electron chi connectivity index (χ2n) is 8.44. The third kappa shape index (κ3) is 5.25. The summed E-state index contributed by atoms with van der Waals surface area (Å²) in [5.74, 6) is 0.0264. The number of para-hydroxylation sites is 1. The van der Waals surface area contributed by atoms with Crippen molar-refractivity contribution in [1.29, 1.82) is 0 Å². The number of likely N-dealkylation sites (N-methyl/N-ethyl adjacent to an activating group) is 1. The Bertz CT molecular complexity index is 1060. The van der Waals surface area contributed by atoms with Crippen LogP contribution in [0.15, 0.2) is 48.7 Å². The molecule has 2 aromatic carbocycles. The number of nitrogens with zero attached hydrogens (tertiary/aromatic N) is 2. The first-order chi connectivity index (χ1) is 15.0. The van der Waals surface area contributed by atoms with Gasteiger partial charge in [-0.15, -0.1) is 0 Å². The molecule has 1 amide bonds. The third-order valence-corrected chi connectivity index (χ3v) is 7.06. The zero-order chi connectivity index (χ0) is 21.8. The van der Waals surface area contributed by atoms with Crippen LogP contribution in [0, 0.1) is 0 Å². The van der Waals surface area contributed by atoms with Crippen LogP contribution in [-0.2, 0) is 11.3 Å². The number of aromatic nitrogens is 1. The van der Waals surface area contributed by atoms with Crippen molar-refractivity contribution < 1.29 is 4.79 Å². The molecule has 1 aliphatic rings. The average Bonchev–Trinajstić information content (AvgIpc) is 3.19. The molecule has 3 aromatic rings. The lowest BCUT2D eigenvalue weighted by Gasteiger charge is -2.31. The van der Waals surface area contributed by atoms with Crippen molar-refractivity contribution in [3.8, 4) is 11.1 Å². The van der Waals surface area contributed by atoms with Gasteiger partial charge in [-0.25, -0.2) is 0 Å². The summed E-state index contributed by atoms with van der Waals surface area (Å²) in [5.41, 5.74) is 3.04. The fourth-order valence-corrected chi connectivity index (χ4v) is 4.87. The standard InChI is InChI=1S/C25H29Cl2N3O/c1-29(20-7-3-2-4-8-20)15-13-28-24(31)17-30-14-12-18-6-5-9-21(25(18)30)19-10-11-22(26)23(27)16-19/h5-6,9-12,14,16,20H,2-4,7-8,13,15,17H2,1H3,(H,28,31). The van der Waals surface area contributed by atoms with Crippen LogP contribution >= 0.6 is 23.2 Å². The number of hydrogen-bond donors (Lipinski definition) is 1. The maximum absolute atomic E-state index is 12.7. The van der Waals surface area contributed by atoms with E-state index in [9.17, 15) is 4.79 Å². The number of nitrogens with one attached hydrogen (secondary N) is 1. The highest BCUT2D eigenvalue weighted by molar-refractivity contribution is 6.42. The van der Waals surface area contributed by atoms with E-state index in [-0.39, 0.29) is 12.5 Å². The third-order valence-electron chi connectivity index (χ3n) is 6.32. The van der Waals surface area contributed by atoms with E-state index in [0.29, 0.717) is 22.6 Å². The molecule has 1 aliphatic carbocycles. The molecule has 4 rings (SSSR count). The van der Waals surface area contributed by atoms with Gasteiger partial charge in [0.05, 0.1) is 15.6 Å². The van der Waals surface area contributed by atoms with E-state index in [4.69, 9.17) is 23.2 Å². The Morgan fingerprint density at radius 3 is 2.68 bits per heavy atom. The lowest BCUT2D eigenvalue weighted by molar-refractivity contribution is -0.121. The smallest absolute Gasteiger partial charge is 0.239 e. The molecular formula is C25H29Cl2N3O. The fourth-order valence-electron chi connectivity index (χ4n) is 4.58. The maximum atomic E-state index is 12.7. The highest BCUT2D eigenvalue weighted by atomic mass is 35.5. The molecule has 6 heteroatoms. The predicted molar refractivity (Wildman–Crippen MR) is 130 cm³/mol. The van der Waals surface area contributed by atoms with Crippen molar-refractivity contribution in [2.24, 2.45) is 0 Å². The minimum absolute atomic E-state index is 0.0264. The molecule has 1 saturated carbocycles. The van der Waals surface area contributed by atoms with E-state index in [1.165, 1.54) is 32.1 Å². The molecule has 0 unspecified atom stereocenters. The van der Waals surface area contributed by atoms with Gasteiger partial charge in [-0.1, -0.05) is 66.7 Å². The predicted octanol–water partition coefficient (Wildman–Crippen LogP) is 6.00. The van der Waals surface area contributed by atoms with Crippen molar-refractivity contribution in [2.45, 2.75) is 44.7 Å². The zero-order valence-corrected chi connectivity index (χ0v) is 19.4. The highest BCUT2D eigenvalue weighted by Crippen LogP contribution is 2.33. The van der Waals surface area contributed by atoms with Gasteiger partial charge in [-0.05, 0) is 43.7 Å². The number of benzene rings is 2. The number of carbonyl (C=O) groups excluding carboxylic acids is 1. The van der Waals surface area contributed by atoms with Crippen LogP contribution in [0.25, 0.3) is 22.0 Å². The number of amides is 1. The lowest BCUT2D eigenvalue weighted by Crippen LogP contribution is -2.40. The van der Waals surface area contributed by atoms with Gasteiger partial charge in [0.25, 0.3) is 0 Å². The van der Waals surface area contributed by atoms with E-state index < -0.39 is 0 Å². The molecule has 0 saturated heterocycles. The van der Waals surface area contributed by atoms with E-state index in [1.807, 2.05) is 35.0 Å². The molecule has 4 nitrogen and oxygen atoms in total. The Morgan fingerprint density at radius 1 is 1.10 bits per heavy atom. The topological polar surface area (TPSA) is 37.3 Å². The SMILES string of the molecule is CN(CCNC(=O)Cn1ccc2cccc(-c3ccc(Cl)c(Cl)c3)c21)C1CCCCC1. The summed E-state index contributed by atoms with van der Waals surface area (Å²) in [5, 5.41) is 5.24. The Morgan fingerprint density at radius 2 is 1.90 bits per heavy atom. The number of carbonyl (C=O) groups is 1. The minimum Gasteiger partial charge on any atom is -0.353 e. The molecular weight excluding hydrogens is 429 g/mol. The van der Waals surface area contributed by atoms with E-state index in [2.05, 4.69) is 29.4 Å². The second kappa shape index (κ2) is 10.1. The highest BCUT2D eigenvalue weighted by Gasteiger charge is 2.18. The molecule has 0 bridgehead atoms. The van der Waals surface area contributed by atoms with Crippen LogP contribution in [0.2, 0.25) is 10.0 Å². The van der Waals surface area contributed by atoms with Crippen LogP contribution in [0.1, 0.15) is 32.1 Å². The van der Waals surface area contributed by atoms with Crippen molar-refractivity contribution >= 4 is 40.0 Å². The normalized spacial score (nSPS) is 15.0. The van der Waals surface area contributed by atoms with Crippen LogP contribution < -0.4 is 5.32 Å². The van der Waals surface area contributed by atoms with E-state index in [0.717, 1.165) is 28.6 Å². The molecule has 1 aromatic heterocycles. The monoisotopic (exact) mass is 457 g/mol. The molecule has 0 atom stereocenters. The fraction of sp³-hybridized carbons (Fsp3) is 0.400. The summed E-state index contributed by atoms with van der Waals surface area (Å²) in [6.07, 6.45) is 8.52. The molecule has 164 valence electrons. The lowest BCUT2D eigenvalue weighted by atomic mass is 9.94. The van der Waals surface area contributed by atoms with E-state index >= 15 is 0 Å². The molecule has 1 N–H and O–H groups in total. The van der Waals surface area contributed by atoms with Crippen LogP contribution in [0.5, 0.6) is 0 Å². The largest absolute Gasteiger partial charge is 0.353 e. The average molecular weight is 458 g/mol. The summed E-state index contributed by atoms with van der Waals surface area (Å²) in [6, 6.07) is 14.5. The Balaban J connectivity index is 1.43. The molecule has 1 heterocycles. The number of fused-ring (bicyclic) bond motifs is 1. The quantitative estimate of drug-likeness (QED) is 0.472. The van der Waals surface area contributed by atoms with E-state index in [1.54, 1.807) is 6.07 Å². The van der Waals surface area contributed by atoms with Gasteiger partial charge in [0.1, 0.15) is 6.54 Å². The number of rotatable bonds is 7. The van der Waals surface area contributed by atoms with Crippen molar-refractivity contribution in [3.63, 3.8) is 0 Å². The van der Waals surface area contributed by atoms with Gasteiger partial charge in [-0.3, -0.25) is 4.79 Å². The number of hydrogen-bond acceptors (Lipinski definition) is 2. The van der Waals surface area contributed by atoms with Gasteiger partial charge >= 0.3 is 0 Å². The van der Waals surface area contributed by atoms with Gasteiger partial charge < -0.3 is 14.8 Å². The molecule has 0 radical (unpaired) electrons. The van der Waals surface area contributed by atoms with Gasteiger partial charge in [-0.2, -0.15) is 0 Å². The van der Waals surface area contributed by atoms with Crippen molar-refractivity contribution in [3.05, 3.63) is 58.7 Å². The Hall–Kier alpha value is -2.01. The summed E-state index contributed by atoms with van der Waals surface area (Å²) >= 11 is 12.3. The van der Waals surface area contributed by atoms with Crippen LogP contribution in [0.4, 0.5) is 0 Å². The van der Waals surface area contributed by atoms with Crippen molar-refractivity contribution in [1.82, 2.24) is 14.8 Å². The van der Waals surface area contributed by atoms with Gasteiger partial charge in [0.15, 0.2) is 0 Å². The summed E-state index contributed by atoms with van der Waals surface area (Å²) in [7, 11) is 2.17. The first-order valence-corrected chi connectivity index (χ1v) is 11.8. The molecule has 1 fully saturated rings. The van der Waals surface area contributed by atoms with Crippen molar-refractivity contribution in [2.75, 3.05) is 20.1 Å². The van der Waals surface area contributed by atoms with Gasteiger partial charge in [0.2, 0.25) is 5.91 Å². The first kappa shape index (κ1) is 22.2. The van der Waals surface area contributed by atoms with Gasteiger partial charge in [0, 0.05) is 36.3 Å². The van der Waals surface area contributed by atoms with Crippen LogP contribution in [0.3, 0.4) is 0 Å². The molecule has 0 spiro atoms. The first-order valence-electron chi connectivity index (χ1n) is 11.0. The maximum Gasteiger partial charge on any atom is 0.239 e. The minimum atomic E-state index is 0.0264.